The first-order valence-corrected chi connectivity index (χ1v) is 7.93. The van der Waals surface area contributed by atoms with Gasteiger partial charge in [-0.2, -0.15) is 13.2 Å². The van der Waals surface area contributed by atoms with Crippen molar-refractivity contribution >= 4 is 22.0 Å². The first kappa shape index (κ1) is 16.8. The van der Waals surface area contributed by atoms with Crippen LogP contribution in [0.25, 0.3) is 0 Å². The summed E-state index contributed by atoms with van der Waals surface area (Å²) >= 11 is 2.94. The second-order valence-corrected chi connectivity index (χ2v) is 6.03. The van der Waals surface area contributed by atoms with Gasteiger partial charge in [-0.1, -0.05) is 30.3 Å². The van der Waals surface area contributed by atoms with Gasteiger partial charge in [-0.15, -0.1) is 0 Å². The van der Waals surface area contributed by atoms with Crippen molar-refractivity contribution in [3.63, 3.8) is 0 Å². The SMILES string of the molecule is O=C(OCc1ccccc1)N1CCn2c(nc(C(F)(F)F)c2Br)C1. The Hall–Kier alpha value is -2.03. The molecule has 0 spiro atoms. The monoisotopic (exact) mass is 403 g/mol. The summed E-state index contributed by atoms with van der Waals surface area (Å²) in [7, 11) is 0. The van der Waals surface area contributed by atoms with Crippen LogP contribution in [0.5, 0.6) is 0 Å². The maximum Gasteiger partial charge on any atom is 0.436 e. The van der Waals surface area contributed by atoms with Crippen LogP contribution in [-0.4, -0.2) is 27.1 Å². The number of carbonyl (C=O) groups excluding carboxylic acids is 1. The van der Waals surface area contributed by atoms with Crippen LogP contribution in [0.2, 0.25) is 0 Å². The number of amides is 1. The van der Waals surface area contributed by atoms with Gasteiger partial charge >= 0.3 is 12.3 Å². The zero-order chi connectivity index (χ0) is 17.3. The van der Waals surface area contributed by atoms with Crippen molar-refractivity contribution in [2.75, 3.05) is 6.54 Å². The number of hydrogen-bond acceptors (Lipinski definition) is 3. The first-order chi connectivity index (χ1) is 11.4. The van der Waals surface area contributed by atoms with Gasteiger partial charge < -0.3 is 9.30 Å². The van der Waals surface area contributed by atoms with E-state index in [0.29, 0.717) is 0 Å². The number of hydrogen-bond donors (Lipinski definition) is 0. The van der Waals surface area contributed by atoms with Gasteiger partial charge in [0.05, 0.1) is 6.54 Å². The molecule has 9 heteroatoms. The number of alkyl halides is 3. The molecular weight excluding hydrogens is 391 g/mol. The van der Waals surface area contributed by atoms with Crippen molar-refractivity contribution in [3.05, 3.63) is 52.0 Å². The third kappa shape index (κ3) is 3.40. The Morgan fingerprint density at radius 3 is 2.62 bits per heavy atom. The number of halogens is 4. The Balaban J connectivity index is 1.67. The molecule has 0 bridgehead atoms. The zero-order valence-electron chi connectivity index (χ0n) is 12.4. The van der Waals surface area contributed by atoms with E-state index in [1.807, 2.05) is 30.3 Å². The van der Waals surface area contributed by atoms with Crippen LogP contribution in [0.4, 0.5) is 18.0 Å². The van der Waals surface area contributed by atoms with Crippen LogP contribution < -0.4 is 0 Å². The third-order valence-electron chi connectivity index (χ3n) is 3.64. The van der Waals surface area contributed by atoms with E-state index in [1.54, 1.807) is 0 Å². The van der Waals surface area contributed by atoms with E-state index in [2.05, 4.69) is 20.9 Å². The molecule has 1 aliphatic rings. The molecule has 0 aliphatic carbocycles. The van der Waals surface area contributed by atoms with E-state index < -0.39 is 18.0 Å². The molecule has 3 rings (SSSR count). The highest BCUT2D eigenvalue weighted by atomic mass is 79.9. The van der Waals surface area contributed by atoms with Crippen LogP contribution in [-0.2, 0) is 30.6 Å². The van der Waals surface area contributed by atoms with Crippen molar-refractivity contribution in [3.8, 4) is 0 Å². The lowest BCUT2D eigenvalue weighted by Crippen LogP contribution is -2.38. The fraction of sp³-hybridized carbons (Fsp3) is 0.333. The smallest absolute Gasteiger partial charge is 0.436 e. The second-order valence-electron chi connectivity index (χ2n) is 5.28. The minimum absolute atomic E-state index is 0.0255. The number of nitrogens with zero attached hydrogens (tertiary/aromatic N) is 3. The highest BCUT2D eigenvalue weighted by Gasteiger charge is 2.39. The number of ether oxygens (including phenoxy) is 1. The summed E-state index contributed by atoms with van der Waals surface area (Å²) in [4.78, 5) is 17.1. The van der Waals surface area contributed by atoms with Crippen LogP contribution in [0, 0.1) is 0 Å². The molecule has 5 nitrogen and oxygen atoms in total. The Kier molecular flexibility index (Phi) is 4.53. The molecule has 0 atom stereocenters. The molecule has 2 heterocycles. The van der Waals surface area contributed by atoms with E-state index in [-0.39, 0.29) is 36.7 Å². The van der Waals surface area contributed by atoms with E-state index in [9.17, 15) is 18.0 Å². The summed E-state index contributed by atoms with van der Waals surface area (Å²) in [5.41, 5.74) is -0.136. The van der Waals surface area contributed by atoms with E-state index in [0.717, 1.165) is 5.56 Å². The predicted octanol–water partition coefficient (Wildman–Crippen LogP) is 3.82. The van der Waals surface area contributed by atoms with Crippen molar-refractivity contribution in [1.82, 2.24) is 14.5 Å². The van der Waals surface area contributed by atoms with Gasteiger partial charge in [-0.05, 0) is 21.5 Å². The van der Waals surface area contributed by atoms with Crippen molar-refractivity contribution < 1.29 is 22.7 Å². The van der Waals surface area contributed by atoms with Crippen LogP contribution in [0.3, 0.4) is 0 Å². The van der Waals surface area contributed by atoms with Gasteiger partial charge in [0.2, 0.25) is 0 Å². The van der Waals surface area contributed by atoms with E-state index >= 15 is 0 Å². The molecule has 0 radical (unpaired) electrons. The molecule has 0 unspecified atom stereocenters. The summed E-state index contributed by atoms with van der Waals surface area (Å²) < 4.78 is 45.2. The molecule has 24 heavy (non-hydrogen) atoms. The minimum atomic E-state index is -4.54. The number of benzene rings is 1. The molecule has 0 saturated heterocycles. The summed E-state index contributed by atoms with van der Waals surface area (Å²) in [6.07, 6.45) is -5.11. The molecule has 128 valence electrons. The molecule has 0 saturated carbocycles. The Labute approximate surface area is 144 Å². The van der Waals surface area contributed by atoms with Crippen LogP contribution in [0.1, 0.15) is 17.1 Å². The lowest BCUT2D eigenvalue weighted by atomic mass is 10.2. The van der Waals surface area contributed by atoms with Crippen molar-refractivity contribution in [1.29, 1.82) is 0 Å². The quantitative estimate of drug-likeness (QED) is 0.765. The van der Waals surface area contributed by atoms with E-state index in [4.69, 9.17) is 4.74 Å². The molecule has 1 aliphatic heterocycles. The average Bonchev–Trinajstić information content (AvgIpc) is 2.90. The van der Waals surface area contributed by atoms with Gasteiger partial charge in [0.15, 0.2) is 5.69 Å². The average molecular weight is 404 g/mol. The fourth-order valence-corrected chi connectivity index (χ4v) is 3.14. The molecule has 1 amide bonds. The lowest BCUT2D eigenvalue weighted by molar-refractivity contribution is -0.141. The first-order valence-electron chi connectivity index (χ1n) is 7.14. The highest BCUT2D eigenvalue weighted by Crippen LogP contribution is 2.35. The van der Waals surface area contributed by atoms with Crippen LogP contribution >= 0.6 is 15.9 Å². The molecule has 1 aromatic carbocycles. The normalized spacial score (nSPS) is 14.4. The van der Waals surface area contributed by atoms with Crippen LogP contribution in [0.15, 0.2) is 34.9 Å². The number of aromatic nitrogens is 2. The molecule has 0 fully saturated rings. The van der Waals surface area contributed by atoms with Gasteiger partial charge in [-0.25, -0.2) is 9.78 Å². The maximum atomic E-state index is 12.9. The zero-order valence-corrected chi connectivity index (χ0v) is 14.0. The Morgan fingerprint density at radius 2 is 1.96 bits per heavy atom. The standard InChI is InChI=1S/C15H13BrF3N3O2/c16-13-12(15(17,18)19)20-11-8-21(6-7-22(11)13)14(23)24-9-10-4-2-1-3-5-10/h1-5H,6-9H2. The molecule has 0 N–H and O–H groups in total. The number of rotatable bonds is 2. The Bertz CT molecular complexity index is 746. The molecule has 1 aromatic heterocycles. The summed E-state index contributed by atoms with van der Waals surface area (Å²) in [5.74, 6) is 0.178. The second kappa shape index (κ2) is 6.46. The summed E-state index contributed by atoms with van der Waals surface area (Å²) in [6, 6.07) is 9.16. The lowest BCUT2D eigenvalue weighted by Gasteiger charge is -2.27. The summed E-state index contributed by atoms with van der Waals surface area (Å²) in [6.45, 7) is 0.566. The van der Waals surface area contributed by atoms with E-state index in [1.165, 1.54) is 9.47 Å². The summed E-state index contributed by atoms with van der Waals surface area (Å²) in [5, 5.41) is 0. The highest BCUT2D eigenvalue weighted by molar-refractivity contribution is 9.10. The Morgan fingerprint density at radius 1 is 1.25 bits per heavy atom. The minimum Gasteiger partial charge on any atom is -0.445 e. The predicted molar refractivity (Wildman–Crippen MR) is 82.0 cm³/mol. The molecular formula is C15H13BrF3N3O2. The third-order valence-corrected chi connectivity index (χ3v) is 4.45. The van der Waals surface area contributed by atoms with Gasteiger partial charge in [0, 0.05) is 13.1 Å². The molecule has 2 aromatic rings. The van der Waals surface area contributed by atoms with Crippen molar-refractivity contribution in [2.45, 2.75) is 25.9 Å². The maximum absolute atomic E-state index is 12.9. The number of fused-ring (bicyclic) bond motifs is 1. The number of imidazole rings is 1. The van der Waals surface area contributed by atoms with Gasteiger partial charge in [-0.3, -0.25) is 4.90 Å². The topological polar surface area (TPSA) is 47.4 Å². The van der Waals surface area contributed by atoms with Gasteiger partial charge in [0.1, 0.15) is 17.0 Å². The fourth-order valence-electron chi connectivity index (χ4n) is 2.44. The van der Waals surface area contributed by atoms with Crippen molar-refractivity contribution in [2.24, 2.45) is 0 Å². The van der Waals surface area contributed by atoms with Gasteiger partial charge in [0.25, 0.3) is 0 Å². The number of carbonyl (C=O) groups is 1. The largest absolute Gasteiger partial charge is 0.445 e.